The van der Waals surface area contributed by atoms with Crippen LogP contribution in [-0.2, 0) is 30.3 Å². The third kappa shape index (κ3) is 13.9. The molecule has 3 nitrogen and oxygen atoms in total. The minimum atomic E-state index is -5.25. The maximum absolute atomic E-state index is 12.7. The second kappa shape index (κ2) is 18.4. The van der Waals surface area contributed by atoms with E-state index in [1.165, 1.54) is 31.1 Å². The number of alkyl halides is 12. The fraction of sp³-hybridized carbons (Fsp3) is 0.415. The molecule has 0 spiro atoms. The summed E-state index contributed by atoms with van der Waals surface area (Å²) in [6.07, 6.45) is -19.3. The summed E-state index contributed by atoms with van der Waals surface area (Å²) in [7, 11) is -10.0. The van der Waals surface area contributed by atoms with Crippen molar-refractivity contribution in [3.8, 4) is 11.3 Å². The van der Waals surface area contributed by atoms with Crippen LogP contribution in [0.5, 0.6) is 0 Å². The van der Waals surface area contributed by atoms with Crippen molar-refractivity contribution in [2.24, 2.45) is 0 Å². The second-order valence-electron chi connectivity index (χ2n) is 17.6. The third-order valence-corrected chi connectivity index (χ3v) is 23.3. The van der Waals surface area contributed by atoms with Gasteiger partial charge in [0.2, 0.25) is 0 Å². The molecule has 5 rings (SSSR count). The Morgan fingerprint density at radius 3 is 1.69 bits per heavy atom. The number of fused-ring (bicyclic) bond motifs is 4. The molecule has 0 amide bonds. The summed E-state index contributed by atoms with van der Waals surface area (Å²) in [4.78, 5) is 17.0. The predicted octanol–water partition coefficient (Wildman–Crippen LogP) is 14.4. The first-order chi connectivity index (χ1) is 27.0. The molecular weight excluding hydrogens is 1120 g/mol. The van der Waals surface area contributed by atoms with Crippen LogP contribution in [0.3, 0.4) is 0 Å². The smallest absolute Gasteiger partial charge is 0.387 e. The van der Waals surface area contributed by atoms with E-state index in [-0.39, 0.29) is 31.6 Å². The molecule has 61 heavy (non-hydrogen) atoms. The summed E-state index contributed by atoms with van der Waals surface area (Å²) in [6, 6.07) is 14.9. The maximum Gasteiger partial charge on any atom is 0.387 e. The summed E-state index contributed by atoms with van der Waals surface area (Å²) in [6.45, 7) is 7.60. The summed E-state index contributed by atoms with van der Waals surface area (Å²) in [5.74, 6) is 7.43. The van der Waals surface area contributed by atoms with Crippen LogP contribution in [0.1, 0.15) is 26.3 Å². The Labute approximate surface area is 367 Å². The topological polar surface area (TPSA) is 50.2 Å². The molecule has 0 fully saturated rings. The Morgan fingerprint density at radius 1 is 0.721 bits per heavy atom. The zero-order chi connectivity index (χ0) is 45.7. The predicted molar refractivity (Wildman–Crippen MR) is 223 cm³/mol. The van der Waals surface area contributed by atoms with Crippen LogP contribution < -0.4 is 4.40 Å². The van der Waals surface area contributed by atoms with Gasteiger partial charge in [0.1, 0.15) is 13.5 Å². The number of hydrogen-bond acceptors (Lipinski definition) is 4. The van der Waals surface area contributed by atoms with E-state index in [4.69, 9.17) is 4.98 Å². The number of carbonyl (C=O) groups is 1. The van der Waals surface area contributed by atoms with Gasteiger partial charge in [0.15, 0.2) is 8.07 Å². The molecule has 3 aromatic carbocycles. The van der Waals surface area contributed by atoms with Gasteiger partial charge in [-0.15, -0.1) is 0 Å². The van der Waals surface area contributed by atoms with Gasteiger partial charge in [0.25, 0.3) is 0 Å². The number of aromatic nitrogens is 1. The van der Waals surface area contributed by atoms with Crippen molar-refractivity contribution < 1.29 is 82.7 Å². The molecule has 20 heteroatoms. The molecule has 2 aromatic heterocycles. The number of carbonyl (C=O) groups excluding carboxylic acids is 1. The van der Waals surface area contributed by atoms with Crippen LogP contribution in [0.25, 0.3) is 42.2 Å². The molecule has 2 heterocycles. The molecule has 0 bridgehead atoms. The van der Waals surface area contributed by atoms with Crippen LogP contribution in [0, 0.1) is 6.07 Å². The van der Waals surface area contributed by atoms with E-state index in [2.05, 4.69) is 98.7 Å². The van der Waals surface area contributed by atoms with Gasteiger partial charge in [0, 0.05) is 50.4 Å². The SMILES string of the molecule is CC(C)(C)c1cc(-c2nccc3c2sc2[c]([Ge]([CH3])([CH3])[CH3])cccc23)[c-]c2ccccc12.C[Si](CC(F)(F)F)(CC(F)(F)F)C(=O)/C=C(\O)[Si](C)(CC(F)(F)F)CC(F)(F)F.[Ir]. The molecule has 0 aliphatic carbocycles. The number of thiophene rings is 1. The minimum Gasteiger partial charge on any atom is -0.517 e. The maximum atomic E-state index is 12.7. The Balaban J connectivity index is 0.000000322. The molecule has 5 aromatic rings. The van der Waals surface area contributed by atoms with Gasteiger partial charge in [0.05, 0.1) is 5.38 Å². The van der Waals surface area contributed by atoms with Crippen molar-refractivity contribution in [3.63, 3.8) is 0 Å². The van der Waals surface area contributed by atoms with E-state index in [1.54, 1.807) is 4.40 Å². The number of allylic oxidation sites excluding steroid dienone is 1. The number of aliphatic hydroxyl groups is 1. The van der Waals surface area contributed by atoms with Crippen molar-refractivity contribution in [1.29, 1.82) is 0 Å². The van der Waals surface area contributed by atoms with Crippen molar-refractivity contribution in [1.82, 2.24) is 4.98 Å². The zero-order valence-corrected chi connectivity index (χ0v) is 41.6. The van der Waals surface area contributed by atoms with Crippen LogP contribution in [0.2, 0.25) is 54.5 Å². The Kier molecular flexibility index (Phi) is 15.9. The molecule has 0 aliphatic rings. The largest absolute Gasteiger partial charge is 0.517 e. The van der Waals surface area contributed by atoms with E-state index in [1.807, 2.05) is 17.5 Å². The number of halogens is 12. The summed E-state index contributed by atoms with van der Waals surface area (Å²) in [5, 5.41) is 11.2. The normalized spacial score (nSPS) is 13.9. The fourth-order valence-corrected chi connectivity index (χ4v) is 18.9. The molecule has 0 unspecified atom stereocenters. The molecule has 0 atom stereocenters. The van der Waals surface area contributed by atoms with Crippen LogP contribution >= 0.6 is 11.3 Å². The van der Waals surface area contributed by atoms with Crippen LogP contribution in [0.15, 0.2) is 72.3 Å². The van der Waals surface area contributed by atoms with Crippen molar-refractivity contribution in [2.45, 2.75) is 105 Å². The Bertz CT molecular complexity index is 2360. The molecule has 337 valence electrons. The Hall–Kier alpha value is -2.71. The number of pyridine rings is 1. The zero-order valence-electron chi connectivity index (χ0n) is 34.3. The minimum absolute atomic E-state index is 0. The average molecular weight is 1160 g/mol. The number of hydrogen-bond donors (Lipinski definition) is 1. The van der Waals surface area contributed by atoms with Gasteiger partial charge in [-0.25, -0.2) is 0 Å². The monoisotopic (exact) mass is 1170 g/mol. The van der Waals surface area contributed by atoms with Gasteiger partial charge in [-0.3, -0.25) is 0 Å². The van der Waals surface area contributed by atoms with Crippen LogP contribution in [-0.4, -0.2) is 69.6 Å². The quantitative estimate of drug-likeness (QED) is 0.0526. The molecule has 0 saturated heterocycles. The third-order valence-electron chi connectivity index (χ3n) is 9.90. The van der Waals surface area contributed by atoms with E-state index in [0.29, 0.717) is 13.1 Å². The van der Waals surface area contributed by atoms with Crippen molar-refractivity contribution in [2.75, 3.05) is 0 Å². The van der Waals surface area contributed by atoms with E-state index < -0.39 is 89.1 Å². The number of aliphatic hydroxyl groups excluding tert-OH is 1. The molecule has 0 aliphatic heterocycles. The average Bonchev–Trinajstić information content (AvgIpc) is 3.43. The number of rotatable bonds is 9. The van der Waals surface area contributed by atoms with E-state index in [0.717, 1.165) is 16.6 Å². The van der Waals surface area contributed by atoms with Crippen molar-refractivity contribution >= 4 is 81.5 Å². The van der Waals surface area contributed by atoms with E-state index in [9.17, 15) is 62.6 Å². The summed E-state index contributed by atoms with van der Waals surface area (Å²) in [5.41, 5.74) is 3.55. The van der Waals surface area contributed by atoms with Gasteiger partial charge in [-0.05, 0) is 0 Å². The molecular formula is C41H44F12GeIrNO2SSi2-. The first kappa shape index (κ1) is 52.6. The fourth-order valence-electron chi connectivity index (χ4n) is 7.21. The second-order valence-corrected chi connectivity index (χ2v) is 37.9. The Morgan fingerprint density at radius 2 is 1.20 bits per heavy atom. The van der Waals surface area contributed by atoms with E-state index >= 15 is 0 Å². The standard InChI is InChI=1S/C28H28GeNS.C13H16F12O2Si2.Ir/c1-28(2,3)23-17-19(16-18-10-7-8-11-20(18)23)25-27-22(14-15-30-25)21-12-9-13-24(26(21)31-27)29(4,5)6;1-28(4-10(14,15)16,5-11(17,18)19)8(26)3-9(27)29(2,6-12(20,21)22)7-13(23,24)25;/h7-15,17H,1-6H3;3,26H,4-7H2,1-2H3;/q-1;;/b;8-3+;. The molecule has 0 saturated carbocycles. The van der Waals surface area contributed by atoms with Crippen LogP contribution in [0.4, 0.5) is 52.7 Å². The summed E-state index contributed by atoms with van der Waals surface area (Å²) >= 11 is -0.0661. The van der Waals surface area contributed by atoms with Gasteiger partial charge in [-0.2, -0.15) is 52.7 Å². The number of benzene rings is 3. The number of nitrogens with zero attached hydrogens (tertiary/aromatic N) is 1. The molecule has 1 radical (unpaired) electrons. The molecule has 1 N–H and O–H groups in total. The van der Waals surface area contributed by atoms with Gasteiger partial charge < -0.3 is 9.90 Å². The van der Waals surface area contributed by atoms with Gasteiger partial charge >= 0.3 is 217 Å². The summed E-state index contributed by atoms with van der Waals surface area (Å²) < 4.78 is 156. The van der Waals surface area contributed by atoms with Crippen molar-refractivity contribution in [3.05, 3.63) is 83.9 Å². The first-order valence-electron chi connectivity index (χ1n) is 18.5. The first-order valence-corrected chi connectivity index (χ1v) is 32.5. The van der Waals surface area contributed by atoms with Gasteiger partial charge in [-0.1, -0.05) is 13.1 Å².